The first kappa shape index (κ1) is 11.7. The van der Waals surface area contributed by atoms with Gasteiger partial charge in [0.25, 0.3) is 0 Å². The van der Waals surface area contributed by atoms with Crippen LogP contribution in [0.1, 0.15) is 18.1 Å². The monoisotopic (exact) mass is 241 g/mol. The molecule has 1 aromatic carbocycles. The third-order valence-corrected chi connectivity index (χ3v) is 2.55. The number of rotatable bonds is 2. The van der Waals surface area contributed by atoms with E-state index in [0.29, 0.717) is 10.9 Å². The van der Waals surface area contributed by atoms with E-state index in [-0.39, 0.29) is 17.7 Å². The Morgan fingerprint density at radius 2 is 2.06 bits per heavy atom. The van der Waals surface area contributed by atoms with Crippen LogP contribution in [-0.2, 0) is 17.4 Å². The average Bonchev–Trinajstić information content (AvgIpc) is 2.59. The molecule has 0 bridgehead atoms. The first-order chi connectivity index (χ1) is 7.89. The zero-order valence-corrected chi connectivity index (χ0v) is 9.06. The molecule has 0 aliphatic carbocycles. The van der Waals surface area contributed by atoms with Crippen molar-refractivity contribution in [2.24, 2.45) is 0 Å². The summed E-state index contributed by atoms with van der Waals surface area (Å²) >= 11 is 0. The van der Waals surface area contributed by atoms with Gasteiger partial charge in [-0.05, 0) is 18.6 Å². The minimum atomic E-state index is -4.39. The second kappa shape index (κ2) is 3.91. The van der Waals surface area contributed by atoms with Gasteiger partial charge in [-0.25, -0.2) is 0 Å². The third kappa shape index (κ3) is 2.18. The van der Waals surface area contributed by atoms with Gasteiger partial charge in [-0.3, -0.25) is 4.79 Å². The van der Waals surface area contributed by atoms with E-state index in [1.807, 2.05) is 0 Å². The number of halogens is 3. The Bertz CT molecular complexity index is 569. The average molecular weight is 241 g/mol. The highest BCUT2D eigenvalue weighted by Crippen LogP contribution is 2.35. The topological polar surface area (TPSA) is 32.9 Å². The lowest BCUT2D eigenvalue weighted by molar-refractivity contribution is -0.136. The predicted molar refractivity (Wildman–Crippen MR) is 57.7 cm³/mol. The number of Topliss-reactive ketones (excluding diaryl/α,β-unsaturated/α-hetero) is 1. The quantitative estimate of drug-likeness (QED) is 0.859. The van der Waals surface area contributed by atoms with Crippen molar-refractivity contribution in [3.05, 3.63) is 35.5 Å². The minimum absolute atomic E-state index is 0.0382. The number of H-pyrrole nitrogens is 1. The Balaban J connectivity index is 2.61. The van der Waals surface area contributed by atoms with E-state index in [1.165, 1.54) is 19.2 Å². The lowest BCUT2D eigenvalue weighted by Crippen LogP contribution is -2.05. The fourth-order valence-electron chi connectivity index (χ4n) is 1.86. The fourth-order valence-corrected chi connectivity index (χ4v) is 1.86. The van der Waals surface area contributed by atoms with Crippen molar-refractivity contribution >= 4 is 16.7 Å². The molecule has 0 fully saturated rings. The molecule has 0 atom stereocenters. The van der Waals surface area contributed by atoms with E-state index in [1.54, 1.807) is 6.07 Å². The summed E-state index contributed by atoms with van der Waals surface area (Å²) in [5.74, 6) is -0.0803. The number of ketones is 1. The number of aromatic amines is 1. The van der Waals surface area contributed by atoms with Crippen molar-refractivity contribution in [2.75, 3.05) is 0 Å². The molecular weight excluding hydrogens is 231 g/mol. The van der Waals surface area contributed by atoms with Crippen LogP contribution in [0, 0.1) is 0 Å². The van der Waals surface area contributed by atoms with Crippen molar-refractivity contribution in [2.45, 2.75) is 19.5 Å². The van der Waals surface area contributed by atoms with Crippen LogP contribution in [0.2, 0.25) is 0 Å². The van der Waals surface area contributed by atoms with Crippen LogP contribution < -0.4 is 0 Å². The number of hydrogen-bond acceptors (Lipinski definition) is 1. The molecule has 0 saturated carbocycles. The highest BCUT2D eigenvalue weighted by atomic mass is 19.4. The Morgan fingerprint density at radius 3 is 2.65 bits per heavy atom. The van der Waals surface area contributed by atoms with Crippen LogP contribution in [0.15, 0.2) is 24.4 Å². The number of aromatic nitrogens is 1. The summed E-state index contributed by atoms with van der Waals surface area (Å²) in [6.07, 6.45) is -2.79. The third-order valence-electron chi connectivity index (χ3n) is 2.55. The zero-order valence-electron chi connectivity index (χ0n) is 9.06. The van der Waals surface area contributed by atoms with Crippen molar-refractivity contribution < 1.29 is 18.0 Å². The molecule has 1 aromatic heterocycles. The first-order valence-corrected chi connectivity index (χ1v) is 5.05. The number of para-hydroxylation sites is 1. The van der Waals surface area contributed by atoms with Crippen LogP contribution in [0.4, 0.5) is 13.2 Å². The van der Waals surface area contributed by atoms with Crippen molar-refractivity contribution in [1.82, 2.24) is 4.98 Å². The summed E-state index contributed by atoms with van der Waals surface area (Å²) in [6, 6.07) is 3.96. The van der Waals surface area contributed by atoms with Gasteiger partial charge < -0.3 is 4.98 Å². The summed E-state index contributed by atoms with van der Waals surface area (Å²) < 4.78 is 38.1. The van der Waals surface area contributed by atoms with Crippen molar-refractivity contribution in [3.8, 4) is 0 Å². The van der Waals surface area contributed by atoms with Gasteiger partial charge in [0.15, 0.2) is 0 Å². The van der Waals surface area contributed by atoms with E-state index < -0.39 is 11.7 Å². The van der Waals surface area contributed by atoms with Crippen LogP contribution in [-0.4, -0.2) is 10.8 Å². The van der Waals surface area contributed by atoms with Gasteiger partial charge in [0.1, 0.15) is 5.78 Å². The minimum Gasteiger partial charge on any atom is -0.360 e. The lowest BCUT2D eigenvalue weighted by Gasteiger charge is -2.07. The van der Waals surface area contributed by atoms with Gasteiger partial charge in [0.2, 0.25) is 0 Å². The number of benzene rings is 1. The van der Waals surface area contributed by atoms with Crippen molar-refractivity contribution in [3.63, 3.8) is 0 Å². The SMILES string of the molecule is CC(=O)Cc1c[nH]c2c(C(F)(F)F)cccc12. The van der Waals surface area contributed by atoms with E-state index in [2.05, 4.69) is 4.98 Å². The first-order valence-electron chi connectivity index (χ1n) is 5.05. The van der Waals surface area contributed by atoms with Gasteiger partial charge >= 0.3 is 6.18 Å². The summed E-state index contributed by atoms with van der Waals surface area (Å²) in [5.41, 5.74) is -0.0698. The van der Waals surface area contributed by atoms with Gasteiger partial charge in [-0.2, -0.15) is 13.2 Å². The number of carbonyl (C=O) groups excluding carboxylic acids is 1. The molecule has 0 radical (unpaired) electrons. The number of nitrogens with one attached hydrogen (secondary N) is 1. The molecule has 1 N–H and O–H groups in total. The van der Waals surface area contributed by atoms with E-state index in [4.69, 9.17) is 0 Å². The predicted octanol–water partition coefficient (Wildman–Crippen LogP) is 3.32. The molecule has 0 aliphatic heterocycles. The molecule has 0 unspecified atom stereocenters. The molecule has 0 amide bonds. The van der Waals surface area contributed by atoms with E-state index >= 15 is 0 Å². The van der Waals surface area contributed by atoms with E-state index in [0.717, 1.165) is 6.07 Å². The van der Waals surface area contributed by atoms with Crippen LogP contribution in [0.5, 0.6) is 0 Å². The summed E-state index contributed by atoms with van der Waals surface area (Å²) in [6.45, 7) is 1.41. The Morgan fingerprint density at radius 1 is 1.35 bits per heavy atom. The maximum absolute atomic E-state index is 12.7. The standard InChI is InChI=1S/C12H10F3NO/c1-7(17)5-8-6-16-11-9(8)3-2-4-10(11)12(13,14)15/h2-4,6,16H,5H2,1H3. The fraction of sp³-hybridized carbons (Fsp3) is 0.250. The molecule has 0 saturated heterocycles. The molecule has 0 spiro atoms. The highest BCUT2D eigenvalue weighted by molar-refractivity contribution is 5.90. The largest absolute Gasteiger partial charge is 0.418 e. The molecule has 2 aromatic rings. The maximum Gasteiger partial charge on any atom is 0.418 e. The number of alkyl halides is 3. The number of fused-ring (bicyclic) bond motifs is 1. The Kier molecular flexibility index (Phi) is 2.69. The van der Waals surface area contributed by atoms with Crippen molar-refractivity contribution in [1.29, 1.82) is 0 Å². The van der Waals surface area contributed by atoms with Gasteiger partial charge in [0.05, 0.1) is 11.1 Å². The molecule has 17 heavy (non-hydrogen) atoms. The molecular formula is C12H10F3NO. The normalized spacial score (nSPS) is 12.0. The molecule has 90 valence electrons. The van der Waals surface area contributed by atoms with Crippen LogP contribution >= 0.6 is 0 Å². The van der Waals surface area contributed by atoms with Gasteiger partial charge in [0, 0.05) is 18.0 Å². The summed E-state index contributed by atoms with van der Waals surface area (Å²) in [5, 5.41) is 0.454. The number of carbonyl (C=O) groups is 1. The molecule has 5 heteroatoms. The molecule has 2 nitrogen and oxygen atoms in total. The van der Waals surface area contributed by atoms with Crippen LogP contribution in [0.25, 0.3) is 10.9 Å². The van der Waals surface area contributed by atoms with Gasteiger partial charge in [-0.15, -0.1) is 0 Å². The van der Waals surface area contributed by atoms with Gasteiger partial charge in [-0.1, -0.05) is 12.1 Å². The second-order valence-corrected chi connectivity index (χ2v) is 3.92. The molecule has 2 rings (SSSR count). The highest BCUT2D eigenvalue weighted by Gasteiger charge is 2.33. The second-order valence-electron chi connectivity index (χ2n) is 3.92. The number of hydrogen-bond donors (Lipinski definition) is 1. The van der Waals surface area contributed by atoms with Crippen LogP contribution in [0.3, 0.4) is 0 Å². The zero-order chi connectivity index (χ0) is 12.6. The Labute approximate surface area is 95.4 Å². The smallest absolute Gasteiger partial charge is 0.360 e. The maximum atomic E-state index is 12.7. The Hall–Kier alpha value is -1.78. The van der Waals surface area contributed by atoms with E-state index in [9.17, 15) is 18.0 Å². The molecule has 1 heterocycles. The summed E-state index contributed by atoms with van der Waals surface area (Å²) in [7, 11) is 0. The molecule has 0 aliphatic rings. The lowest BCUT2D eigenvalue weighted by atomic mass is 10.1. The summed E-state index contributed by atoms with van der Waals surface area (Å²) in [4.78, 5) is 13.6.